The van der Waals surface area contributed by atoms with Crippen LogP contribution in [-0.2, 0) is 5.60 Å². The van der Waals surface area contributed by atoms with Crippen LogP contribution in [-0.4, -0.2) is 36.9 Å². The maximum Gasteiger partial charge on any atom is 0.390 e. The molecule has 0 fully saturated rings. The van der Waals surface area contributed by atoms with Gasteiger partial charge >= 0.3 is 6.18 Å². The molecular formula is C13H20F3N3OS. The second-order valence-electron chi connectivity index (χ2n) is 4.77. The highest BCUT2D eigenvalue weighted by molar-refractivity contribution is 7.08. The van der Waals surface area contributed by atoms with Crippen molar-refractivity contribution in [2.24, 2.45) is 4.99 Å². The van der Waals surface area contributed by atoms with Crippen LogP contribution in [0.3, 0.4) is 0 Å². The molecule has 1 unspecified atom stereocenters. The number of nitrogens with one attached hydrogen (secondary N) is 2. The minimum absolute atomic E-state index is 0.0606. The minimum Gasteiger partial charge on any atom is -0.383 e. The van der Waals surface area contributed by atoms with Crippen molar-refractivity contribution in [1.29, 1.82) is 0 Å². The van der Waals surface area contributed by atoms with E-state index in [1.54, 1.807) is 13.0 Å². The molecule has 0 aliphatic carbocycles. The van der Waals surface area contributed by atoms with Crippen LogP contribution in [0.25, 0.3) is 0 Å². The Bertz CT molecular complexity index is 444. The van der Waals surface area contributed by atoms with E-state index in [9.17, 15) is 18.3 Å². The number of nitrogens with zero attached hydrogens (tertiary/aromatic N) is 1. The van der Waals surface area contributed by atoms with Gasteiger partial charge in [-0.05, 0) is 36.2 Å². The zero-order chi connectivity index (χ0) is 15.9. The third-order valence-electron chi connectivity index (χ3n) is 2.73. The topological polar surface area (TPSA) is 56.7 Å². The van der Waals surface area contributed by atoms with Gasteiger partial charge in [-0.2, -0.15) is 24.5 Å². The first-order chi connectivity index (χ1) is 9.74. The number of thiophene rings is 1. The van der Waals surface area contributed by atoms with Crippen LogP contribution in [0.1, 0.15) is 25.8 Å². The molecule has 0 bridgehead atoms. The Labute approximate surface area is 126 Å². The molecule has 4 nitrogen and oxygen atoms in total. The van der Waals surface area contributed by atoms with Crippen LogP contribution in [0.5, 0.6) is 0 Å². The van der Waals surface area contributed by atoms with Gasteiger partial charge in [0, 0.05) is 13.1 Å². The fraction of sp³-hybridized carbons (Fsp3) is 0.615. The quantitative estimate of drug-likeness (QED) is 0.557. The molecule has 0 spiro atoms. The zero-order valence-corrected chi connectivity index (χ0v) is 12.8. The first kappa shape index (κ1) is 17.8. The maximum atomic E-state index is 12.1. The van der Waals surface area contributed by atoms with Gasteiger partial charge in [0.2, 0.25) is 0 Å². The molecule has 0 saturated carbocycles. The molecule has 1 heterocycles. The van der Waals surface area contributed by atoms with Crippen molar-refractivity contribution in [3.8, 4) is 0 Å². The van der Waals surface area contributed by atoms with Gasteiger partial charge in [0.25, 0.3) is 0 Å². The number of halogens is 3. The fourth-order valence-corrected chi connectivity index (χ4v) is 2.34. The smallest absolute Gasteiger partial charge is 0.383 e. The summed E-state index contributed by atoms with van der Waals surface area (Å²) in [5, 5.41) is 19.4. The van der Waals surface area contributed by atoms with Gasteiger partial charge < -0.3 is 15.7 Å². The summed E-state index contributed by atoms with van der Waals surface area (Å²) in [6.45, 7) is 3.77. The van der Waals surface area contributed by atoms with Gasteiger partial charge in [0.05, 0.1) is 13.0 Å². The summed E-state index contributed by atoms with van der Waals surface area (Å²) in [5.41, 5.74) is -0.408. The van der Waals surface area contributed by atoms with Gasteiger partial charge in [-0.1, -0.05) is 0 Å². The van der Waals surface area contributed by atoms with Crippen molar-refractivity contribution in [1.82, 2.24) is 10.6 Å². The molecule has 0 amide bonds. The molecule has 1 aromatic rings. The number of hydrogen-bond donors (Lipinski definition) is 3. The van der Waals surface area contributed by atoms with Crippen LogP contribution >= 0.6 is 11.3 Å². The molecular weight excluding hydrogens is 303 g/mol. The van der Waals surface area contributed by atoms with Crippen LogP contribution in [0.2, 0.25) is 0 Å². The molecule has 1 rings (SSSR count). The number of hydrogen-bond acceptors (Lipinski definition) is 3. The van der Waals surface area contributed by atoms with Gasteiger partial charge in [0.1, 0.15) is 5.60 Å². The predicted molar refractivity (Wildman–Crippen MR) is 78.5 cm³/mol. The van der Waals surface area contributed by atoms with Crippen LogP contribution < -0.4 is 10.6 Å². The first-order valence-electron chi connectivity index (χ1n) is 6.58. The standard InChI is InChI=1S/C13H20F3N3OS/c1-3-17-11(18-6-5-13(14,15)16)19-9-12(2,20)10-4-7-21-8-10/h4,7-8,20H,3,5-6,9H2,1-2H3,(H2,17,18,19). The molecule has 0 aliphatic heterocycles. The minimum atomic E-state index is -4.20. The van der Waals surface area contributed by atoms with Crippen molar-refractivity contribution in [2.45, 2.75) is 32.0 Å². The molecule has 1 atom stereocenters. The Balaban J connectivity index is 2.59. The maximum absolute atomic E-state index is 12.1. The highest BCUT2D eigenvalue weighted by atomic mass is 32.1. The molecule has 0 saturated heterocycles. The lowest BCUT2D eigenvalue weighted by Gasteiger charge is -2.21. The molecule has 1 aromatic heterocycles. The Kier molecular flexibility index (Phi) is 6.47. The number of alkyl halides is 3. The van der Waals surface area contributed by atoms with E-state index >= 15 is 0 Å². The number of rotatable bonds is 6. The average molecular weight is 323 g/mol. The Hall–Kier alpha value is -1.28. The Morgan fingerprint density at radius 1 is 1.38 bits per heavy atom. The van der Waals surface area contributed by atoms with Crippen LogP contribution in [0.15, 0.2) is 21.8 Å². The fourth-order valence-electron chi connectivity index (χ4n) is 1.56. The number of guanidine groups is 1. The third-order valence-corrected chi connectivity index (χ3v) is 3.42. The summed E-state index contributed by atoms with van der Waals surface area (Å²) in [6, 6.07) is 1.80. The summed E-state index contributed by atoms with van der Waals surface area (Å²) in [6.07, 6.45) is -5.13. The second-order valence-corrected chi connectivity index (χ2v) is 5.55. The van der Waals surface area contributed by atoms with E-state index < -0.39 is 18.2 Å². The molecule has 0 aliphatic rings. The van der Waals surface area contributed by atoms with E-state index in [1.807, 2.05) is 17.7 Å². The van der Waals surface area contributed by atoms with Gasteiger partial charge in [-0.15, -0.1) is 0 Å². The van der Waals surface area contributed by atoms with Gasteiger partial charge in [-0.3, -0.25) is 0 Å². The lowest BCUT2D eigenvalue weighted by atomic mass is 10.00. The third kappa shape index (κ3) is 6.81. The zero-order valence-electron chi connectivity index (χ0n) is 12.0. The van der Waals surface area contributed by atoms with E-state index in [1.165, 1.54) is 11.3 Å². The number of aliphatic hydroxyl groups is 1. The van der Waals surface area contributed by atoms with E-state index in [2.05, 4.69) is 15.6 Å². The van der Waals surface area contributed by atoms with Crippen molar-refractivity contribution in [3.05, 3.63) is 22.4 Å². The van der Waals surface area contributed by atoms with E-state index in [-0.39, 0.29) is 19.0 Å². The lowest BCUT2D eigenvalue weighted by molar-refractivity contribution is -0.132. The van der Waals surface area contributed by atoms with Gasteiger partial charge in [0.15, 0.2) is 5.96 Å². The summed E-state index contributed by atoms with van der Waals surface area (Å²) in [5.74, 6) is 0.261. The van der Waals surface area contributed by atoms with E-state index in [4.69, 9.17) is 0 Å². The molecule has 0 aromatic carbocycles. The highest BCUT2D eigenvalue weighted by Crippen LogP contribution is 2.23. The average Bonchev–Trinajstić information content (AvgIpc) is 2.89. The molecule has 8 heteroatoms. The molecule has 120 valence electrons. The summed E-state index contributed by atoms with van der Waals surface area (Å²) in [7, 11) is 0. The van der Waals surface area contributed by atoms with E-state index in [0.29, 0.717) is 6.54 Å². The van der Waals surface area contributed by atoms with Crippen LogP contribution in [0.4, 0.5) is 13.2 Å². The normalized spacial score (nSPS) is 15.6. The van der Waals surface area contributed by atoms with Crippen molar-refractivity contribution >= 4 is 17.3 Å². The van der Waals surface area contributed by atoms with Crippen molar-refractivity contribution in [2.75, 3.05) is 19.6 Å². The first-order valence-corrected chi connectivity index (χ1v) is 7.53. The van der Waals surface area contributed by atoms with Gasteiger partial charge in [-0.25, -0.2) is 4.99 Å². The monoisotopic (exact) mass is 323 g/mol. The predicted octanol–water partition coefficient (Wildman–Crippen LogP) is 2.46. The van der Waals surface area contributed by atoms with E-state index in [0.717, 1.165) is 5.56 Å². The van der Waals surface area contributed by atoms with Crippen molar-refractivity contribution in [3.63, 3.8) is 0 Å². The lowest BCUT2D eigenvalue weighted by Crippen LogP contribution is -2.40. The Morgan fingerprint density at radius 2 is 2.10 bits per heavy atom. The summed E-state index contributed by atoms with van der Waals surface area (Å²) < 4.78 is 36.3. The summed E-state index contributed by atoms with van der Waals surface area (Å²) in [4.78, 5) is 4.14. The molecule has 0 radical (unpaired) electrons. The summed E-state index contributed by atoms with van der Waals surface area (Å²) >= 11 is 1.46. The molecule has 3 N–H and O–H groups in total. The Morgan fingerprint density at radius 3 is 2.62 bits per heavy atom. The second kappa shape index (κ2) is 7.65. The van der Waals surface area contributed by atoms with Crippen LogP contribution in [0, 0.1) is 0 Å². The molecule has 21 heavy (non-hydrogen) atoms. The number of aliphatic imine (C=N–C) groups is 1. The largest absolute Gasteiger partial charge is 0.390 e. The van der Waals surface area contributed by atoms with Crippen molar-refractivity contribution < 1.29 is 18.3 Å². The SMILES string of the molecule is CCNC(=NCC(C)(O)c1ccsc1)NCCC(F)(F)F. The highest BCUT2D eigenvalue weighted by Gasteiger charge is 2.26.